The molecule has 0 spiro atoms. The molecule has 0 saturated heterocycles. The fourth-order valence-corrected chi connectivity index (χ4v) is 12.7. The minimum Gasteiger partial charge on any atom is -0.478 e. The number of allylic oxidation sites excluding steroid dienone is 7. The molecule has 5 aromatic carbocycles. The third-order valence-electron chi connectivity index (χ3n) is 14.3. The van der Waals surface area contributed by atoms with Crippen LogP contribution in [0.4, 0.5) is 11.4 Å². The van der Waals surface area contributed by atoms with E-state index in [0.29, 0.717) is 36.7 Å². The largest absolute Gasteiger partial charge is 0.478 e. The smallest absolute Gasteiger partial charge is 0.335 e. The Morgan fingerprint density at radius 2 is 1.39 bits per heavy atom. The van der Waals surface area contributed by atoms with E-state index < -0.39 is 42.5 Å². The van der Waals surface area contributed by atoms with E-state index >= 15 is 0 Å². The average molecular weight is 990 g/mol. The number of aromatic carboxylic acids is 1. The van der Waals surface area contributed by atoms with Crippen molar-refractivity contribution >= 4 is 82.6 Å². The molecule has 0 saturated carbocycles. The van der Waals surface area contributed by atoms with Crippen molar-refractivity contribution in [1.29, 1.82) is 0 Å². The second-order valence-corrected chi connectivity index (χ2v) is 23.4. The van der Waals surface area contributed by atoms with Gasteiger partial charge in [0.05, 0.1) is 33.3 Å². The molecule has 360 valence electrons. The maximum atomic E-state index is 13.6. The van der Waals surface area contributed by atoms with Crippen molar-refractivity contribution in [2.45, 2.75) is 93.7 Å². The third-order valence-corrected chi connectivity index (χ3v) is 17.3. The summed E-state index contributed by atoms with van der Waals surface area (Å²) in [5, 5.41) is 12.9. The van der Waals surface area contributed by atoms with Crippen LogP contribution in [0.2, 0.25) is 0 Å². The van der Waals surface area contributed by atoms with E-state index in [1.165, 1.54) is 43.1 Å². The highest BCUT2D eigenvalue weighted by Gasteiger charge is 2.46. The SMILES string of the molecule is CCN1C(=CC=C2CC(C(C)(C)C(=O)OC)CC(C=CC3=[N+](CC)c4ccc5cc(S(=O)(=O)O)ccc5c4C3(C)C)=C2Sc2ccc(C(=O)O)cc2)C(C)(C)c2c1ccc1cc(S(=O)(=O)O)ccc21. The van der Waals surface area contributed by atoms with Crippen LogP contribution < -0.4 is 4.90 Å². The molecule has 5 aromatic rings. The summed E-state index contributed by atoms with van der Waals surface area (Å²) >= 11 is 1.54. The third kappa shape index (κ3) is 8.77. The van der Waals surface area contributed by atoms with E-state index in [1.807, 2.05) is 38.1 Å². The lowest BCUT2D eigenvalue weighted by atomic mass is 9.69. The molecule has 0 bridgehead atoms. The Hall–Kier alpha value is -5.84. The number of fused-ring (bicyclic) bond motifs is 6. The highest BCUT2D eigenvalue weighted by atomic mass is 32.2. The van der Waals surface area contributed by atoms with Crippen LogP contribution in [-0.4, -0.2) is 73.5 Å². The van der Waals surface area contributed by atoms with E-state index in [-0.39, 0.29) is 27.2 Å². The number of rotatable bonds is 12. The number of benzene rings is 5. The zero-order chi connectivity index (χ0) is 50.2. The Kier molecular flexibility index (Phi) is 12.8. The Balaban J connectivity index is 1.31. The molecule has 69 heavy (non-hydrogen) atoms. The summed E-state index contributed by atoms with van der Waals surface area (Å²) in [6.07, 6.45) is 9.60. The van der Waals surface area contributed by atoms with Crippen LogP contribution in [0.15, 0.2) is 146 Å². The van der Waals surface area contributed by atoms with Gasteiger partial charge in [0.2, 0.25) is 5.69 Å². The highest BCUT2D eigenvalue weighted by molar-refractivity contribution is 8.03. The van der Waals surface area contributed by atoms with Crippen LogP contribution in [0.25, 0.3) is 21.5 Å². The zero-order valence-electron chi connectivity index (χ0n) is 40.1. The Labute approximate surface area is 408 Å². The van der Waals surface area contributed by atoms with Crippen LogP contribution in [0.1, 0.15) is 89.7 Å². The number of hydrogen-bond donors (Lipinski definition) is 3. The summed E-state index contributed by atoms with van der Waals surface area (Å²) in [7, 11) is -7.42. The number of carboxylic acid groups (broad SMARTS) is 1. The number of hydrogen-bond acceptors (Lipinski definition) is 9. The molecule has 15 heteroatoms. The van der Waals surface area contributed by atoms with Crippen molar-refractivity contribution in [1.82, 2.24) is 0 Å². The summed E-state index contributed by atoms with van der Waals surface area (Å²) in [4.78, 5) is 29.2. The molecule has 2 aliphatic heterocycles. The Bertz CT molecular complexity index is 3400. The van der Waals surface area contributed by atoms with E-state index in [9.17, 15) is 40.6 Å². The molecule has 0 aromatic heterocycles. The minimum atomic E-state index is -4.41. The van der Waals surface area contributed by atoms with E-state index in [0.717, 1.165) is 65.6 Å². The lowest BCUT2D eigenvalue weighted by Gasteiger charge is -2.37. The first-order chi connectivity index (χ1) is 32.3. The number of carbonyl (C=O) groups excluding carboxylic acids is 1. The van der Waals surface area contributed by atoms with Crippen molar-refractivity contribution in [2.24, 2.45) is 11.3 Å². The van der Waals surface area contributed by atoms with Crippen molar-refractivity contribution in [3.8, 4) is 0 Å². The lowest BCUT2D eigenvalue weighted by Crippen LogP contribution is -2.36. The number of carbonyl (C=O) groups is 2. The summed E-state index contributed by atoms with van der Waals surface area (Å²) in [6, 6.07) is 23.9. The standard InChI is InChI=1S/C54H56N2O10S3/c1-10-55-43-24-14-33-30-39(68(60,61)62)20-22-41(33)47(43)53(5,6)45(55)26-16-35-28-37(52(3,4)51(59)66-9)29-36(49(35)67-38-18-12-32(13-19-38)50(57)58)17-27-46-54(7,8)48-42-23-21-40(69(63,64)65)31-34(42)15-25-44(48)56(46)11-2/h12-27,30-31,37H,10-11,28-29H2,1-9H3,(H2-,57,58,60,61,62,63,64,65)/p+1. The first-order valence-corrected chi connectivity index (χ1v) is 26.5. The van der Waals surface area contributed by atoms with Crippen molar-refractivity contribution in [3.05, 3.63) is 148 Å². The number of likely N-dealkylation sites (N-methyl/N-ethyl adjacent to an activating group) is 1. The fraction of sp³-hybridized carbons (Fsp3) is 0.315. The molecule has 1 unspecified atom stereocenters. The van der Waals surface area contributed by atoms with Crippen molar-refractivity contribution < 1.29 is 49.9 Å². The average Bonchev–Trinajstić information content (AvgIpc) is 3.67. The van der Waals surface area contributed by atoms with Gasteiger partial charge >= 0.3 is 11.9 Å². The van der Waals surface area contributed by atoms with Gasteiger partial charge in [0.1, 0.15) is 6.54 Å². The minimum absolute atomic E-state index is 0.169. The fourth-order valence-electron chi connectivity index (χ4n) is 10.6. The molecule has 0 radical (unpaired) electrons. The number of anilines is 1. The number of esters is 1. The maximum Gasteiger partial charge on any atom is 0.335 e. The van der Waals surface area contributed by atoms with Gasteiger partial charge in [-0.1, -0.05) is 56.0 Å². The van der Waals surface area contributed by atoms with Crippen LogP contribution in [0.5, 0.6) is 0 Å². The highest BCUT2D eigenvalue weighted by Crippen LogP contribution is 2.53. The van der Waals surface area contributed by atoms with E-state index in [4.69, 9.17) is 4.74 Å². The molecular weight excluding hydrogens is 933 g/mol. The van der Waals surface area contributed by atoms with Crippen LogP contribution in [0.3, 0.4) is 0 Å². The summed E-state index contributed by atoms with van der Waals surface area (Å²) in [5.74, 6) is -1.55. The van der Waals surface area contributed by atoms with Gasteiger partial charge in [-0.15, -0.1) is 0 Å². The predicted molar refractivity (Wildman–Crippen MR) is 272 cm³/mol. The molecule has 12 nitrogen and oxygen atoms in total. The molecule has 0 fully saturated rings. The van der Waals surface area contributed by atoms with Gasteiger partial charge in [0.25, 0.3) is 20.2 Å². The molecule has 3 N–H and O–H groups in total. The van der Waals surface area contributed by atoms with Gasteiger partial charge in [0.15, 0.2) is 5.71 Å². The lowest BCUT2D eigenvalue weighted by molar-refractivity contribution is -0.433. The van der Waals surface area contributed by atoms with Crippen LogP contribution in [0, 0.1) is 11.3 Å². The number of ether oxygens (including phenoxy) is 1. The molecule has 3 aliphatic rings. The second-order valence-electron chi connectivity index (χ2n) is 19.4. The van der Waals surface area contributed by atoms with E-state index in [2.05, 4.69) is 75.3 Å². The molecule has 1 atom stereocenters. The Morgan fingerprint density at radius 3 is 1.94 bits per heavy atom. The summed E-state index contributed by atoms with van der Waals surface area (Å²) in [6.45, 7) is 17.8. The predicted octanol–water partition coefficient (Wildman–Crippen LogP) is 11.4. The maximum absolute atomic E-state index is 13.6. The topological polar surface area (TPSA) is 179 Å². The second kappa shape index (κ2) is 17.8. The van der Waals surface area contributed by atoms with Gasteiger partial charge < -0.3 is 14.7 Å². The molecule has 8 rings (SSSR count). The zero-order valence-corrected chi connectivity index (χ0v) is 42.6. The van der Waals surface area contributed by atoms with Crippen molar-refractivity contribution in [3.63, 3.8) is 0 Å². The first kappa shape index (κ1) is 49.6. The van der Waals surface area contributed by atoms with Gasteiger partial charge in [-0.3, -0.25) is 13.9 Å². The Morgan fingerprint density at radius 1 is 0.797 bits per heavy atom. The van der Waals surface area contributed by atoms with Gasteiger partial charge in [-0.25, -0.2) is 4.79 Å². The number of carboxylic acids is 1. The molecule has 1 aliphatic carbocycles. The first-order valence-electron chi connectivity index (χ1n) is 22.8. The number of methoxy groups -OCH3 is 1. The van der Waals surface area contributed by atoms with Crippen LogP contribution in [-0.2, 0) is 40.6 Å². The normalized spacial score (nSPS) is 19.3. The van der Waals surface area contributed by atoms with Gasteiger partial charge in [0, 0.05) is 50.9 Å². The van der Waals surface area contributed by atoms with Crippen LogP contribution >= 0.6 is 11.8 Å². The molecule has 2 heterocycles. The summed E-state index contributed by atoms with van der Waals surface area (Å²) < 4.78 is 75.8. The number of thioether (sulfide) groups is 1. The molecule has 0 amide bonds. The quantitative estimate of drug-likeness (QED) is 0.0613. The van der Waals surface area contributed by atoms with Gasteiger partial charge in [-0.2, -0.15) is 21.4 Å². The van der Waals surface area contributed by atoms with Crippen molar-refractivity contribution in [2.75, 3.05) is 25.1 Å². The summed E-state index contributed by atoms with van der Waals surface area (Å²) in [5.41, 5.74) is 6.15. The van der Waals surface area contributed by atoms with Gasteiger partial charge in [-0.05, 0) is 165 Å². The molecular formula is C54H57N2O10S3+. The van der Waals surface area contributed by atoms with E-state index in [1.54, 1.807) is 36.4 Å². The number of nitrogens with zero attached hydrogens (tertiary/aromatic N) is 2. The monoisotopic (exact) mass is 989 g/mol.